The molecule has 1 aromatic rings. The molecule has 28 heavy (non-hydrogen) atoms. The zero-order valence-electron chi connectivity index (χ0n) is 15.5. The molecule has 1 aliphatic heterocycles. The summed E-state index contributed by atoms with van der Waals surface area (Å²) in [5.74, 6) is 1.77. The maximum absolute atomic E-state index is 12.5. The molecule has 1 saturated heterocycles. The van der Waals surface area contributed by atoms with Crippen molar-refractivity contribution in [3.8, 4) is 0 Å². The Bertz CT molecular complexity index is 823. The van der Waals surface area contributed by atoms with E-state index in [9.17, 15) is 14.4 Å². The number of benzene rings is 1. The summed E-state index contributed by atoms with van der Waals surface area (Å²) in [4.78, 5) is 38.5. The van der Waals surface area contributed by atoms with Crippen LogP contribution in [0.15, 0.2) is 29.2 Å². The van der Waals surface area contributed by atoms with Crippen molar-refractivity contribution >= 4 is 46.5 Å². The molecule has 7 heteroatoms. The molecule has 148 valence electrons. The van der Waals surface area contributed by atoms with Crippen LogP contribution in [0, 0.1) is 17.8 Å². The van der Waals surface area contributed by atoms with Crippen molar-refractivity contribution in [2.24, 2.45) is 17.8 Å². The second-order valence-corrected chi connectivity index (χ2v) is 9.30. The summed E-state index contributed by atoms with van der Waals surface area (Å²) in [7, 11) is 0. The average molecular weight is 419 g/mol. The van der Waals surface area contributed by atoms with Crippen LogP contribution >= 0.6 is 23.4 Å². The van der Waals surface area contributed by atoms with Gasteiger partial charge in [-0.2, -0.15) is 0 Å². The van der Waals surface area contributed by atoms with Gasteiger partial charge in [0, 0.05) is 24.5 Å². The molecule has 0 radical (unpaired) electrons. The summed E-state index contributed by atoms with van der Waals surface area (Å²) in [6, 6.07) is 7.07. The maximum atomic E-state index is 12.5. The highest BCUT2D eigenvalue weighted by Crippen LogP contribution is 2.49. The molecule has 2 aliphatic carbocycles. The number of nitrogens with one attached hydrogen (secondary N) is 1. The number of carbonyl (C=O) groups excluding carboxylic acids is 3. The molecule has 3 fully saturated rings. The van der Waals surface area contributed by atoms with Crippen LogP contribution in [0.2, 0.25) is 5.02 Å². The van der Waals surface area contributed by atoms with Crippen LogP contribution < -0.4 is 5.32 Å². The molecular formula is C21H23ClN2O3S. The number of thioether (sulfide) groups is 1. The van der Waals surface area contributed by atoms with E-state index in [1.165, 1.54) is 30.6 Å². The van der Waals surface area contributed by atoms with Gasteiger partial charge in [0.1, 0.15) is 0 Å². The number of fused-ring (bicyclic) bond motifs is 2. The normalized spacial score (nSPS) is 27.8. The van der Waals surface area contributed by atoms with Gasteiger partial charge in [-0.05, 0) is 72.6 Å². The number of rotatable bonds is 6. The largest absolute Gasteiger partial charge is 0.354 e. The van der Waals surface area contributed by atoms with E-state index in [-0.39, 0.29) is 23.6 Å². The fourth-order valence-electron chi connectivity index (χ4n) is 4.65. The molecule has 4 rings (SSSR count). The van der Waals surface area contributed by atoms with Gasteiger partial charge in [0.05, 0.1) is 4.91 Å². The van der Waals surface area contributed by atoms with Crippen molar-refractivity contribution in [3.05, 3.63) is 39.8 Å². The highest BCUT2D eigenvalue weighted by Gasteiger charge is 2.40. The van der Waals surface area contributed by atoms with Gasteiger partial charge in [-0.15, -0.1) is 0 Å². The quantitative estimate of drug-likeness (QED) is 0.698. The number of hydrogen-bond donors (Lipinski definition) is 1. The highest BCUT2D eigenvalue weighted by atomic mass is 35.5. The lowest BCUT2D eigenvalue weighted by Crippen LogP contribution is -2.38. The van der Waals surface area contributed by atoms with Gasteiger partial charge in [0.2, 0.25) is 5.91 Å². The van der Waals surface area contributed by atoms with Gasteiger partial charge in [-0.3, -0.25) is 19.3 Å². The molecule has 5 nitrogen and oxygen atoms in total. The van der Waals surface area contributed by atoms with E-state index in [4.69, 9.17) is 11.6 Å². The molecular weight excluding hydrogens is 396 g/mol. The van der Waals surface area contributed by atoms with Gasteiger partial charge in [-0.25, -0.2) is 0 Å². The van der Waals surface area contributed by atoms with Crippen LogP contribution in [0.3, 0.4) is 0 Å². The molecule has 2 bridgehead atoms. The molecule has 1 aromatic carbocycles. The summed E-state index contributed by atoms with van der Waals surface area (Å²) in [6.45, 7) is 0.497. The SMILES string of the molecule is O=C(CC1CC2CCC1C2)NCCN1C(=O)S/C(=C\c2ccc(Cl)cc2)C1=O. The van der Waals surface area contributed by atoms with Gasteiger partial charge >= 0.3 is 0 Å². The number of amides is 3. The Morgan fingerprint density at radius 3 is 2.68 bits per heavy atom. The minimum atomic E-state index is -0.313. The first-order chi connectivity index (χ1) is 13.5. The van der Waals surface area contributed by atoms with E-state index in [0.717, 1.165) is 29.2 Å². The predicted molar refractivity (Wildman–Crippen MR) is 111 cm³/mol. The average Bonchev–Trinajstić information content (AvgIpc) is 3.35. The zero-order chi connectivity index (χ0) is 19.7. The van der Waals surface area contributed by atoms with Crippen LogP contribution in [-0.4, -0.2) is 35.0 Å². The van der Waals surface area contributed by atoms with E-state index >= 15 is 0 Å². The molecule has 3 amide bonds. The second-order valence-electron chi connectivity index (χ2n) is 7.87. The fourth-order valence-corrected chi connectivity index (χ4v) is 5.64. The molecule has 3 atom stereocenters. The minimum absolute atomic E-state index is 0.0289. The molecule has 0 aromatic heterocycles. The maximum Gasteiger partial charge on any atom is 0.293 e. The molecule has 3 aliphatic rings. The van der Waals surface area contributed by atoms with Gasteiger partial charge in [0.25, 0.3) is 11.1 Å². The van der Waals surface area contributed by atoms with Crippen LogP contribution in [0.1, 0.15) is 37.7 Å². The fraction of sp³-hybridized carbons (Fsp3) is 0.476. The molecule has 0 spiro atoms. The Hall–Kier alpha value is -1.79. The van der Waals surface area contributed by atoms with Gasteiger partial charge in [-0.1, -0.05) is 30.2 Å². The predicted octanol–water partition coefficient (Wildman–Crippen LogP) is 4.32. The molecule has 3 unspecified atom stereocenters. The van der Waals surface area contributed by atoms with Crippen molar-refractivity contribution in [3.63, 3.8) is 0 Å². The Morgan fingerprint density at radius 2 is 2.00 bits per heavy atom. The monoisotopic (exact) mass is 418 g/mol. The van der Waals surface area contributed by atoms with E-state index in [2.05, 4.69) is 5.32 Å². The summed E-state index contributed by atoms with van der Waals surface area (Å²) >= 11 is 6.79. The number of carbonyl (C=O) groups is 3. The summed E-state index contributed by atoms with van der Waals surface area (Å²) in [5, 5.41) is 3.20. The van der Waals surface area contributed by atoms with Crippen LogP contribution in [0.5, 0.6) is 0 Å². The molecule has 1 heterocycles. The summed E-state index contributed by atoms with van der Waals surface area (Å²) < 4.78 is 0. The Kier molecular flexibility index (Phi) is 5.78. The van der Waals surface area contributed by atoms with Gasteiger partial charge < -0.3 is 5.32 Å². The van der Waals surface area contributed by atoms with Crippen molar-refractivity contribution in [1.82, 2.24) is 10.2 Å². The number of halogens is 1. The Labute approximate surface area is 173 Å². The standard InChI is InChI=1S/C21H23ClN2O3S/c22-17-5-2-13(3-6-17)11-18-20(26)24(21(27)28-18)8-7-23-19(25)12-16-10-14-1-4-15(16)9-14/h2-3,5-6,11,14-16H,1,4,7-10,12H2,(H,23,25)/b18-11-. The number of imide groups is 1. The van der Waals surface area contributed by atoms with Crippen LogP contribution in [-0.2, 0) is 9.59 Å². The van der Waals surface area contributed by atoms with Crippen molar-refractivity contribution < 1.29 is 14.4 Å². The number of hydrogen-bond acceptors (Lipinski definition) is 4. The lowest BCUT2D eigenvalue weighted by atomic mass is 9.86. The van der Waals surface area contributed by atoms with E-state index in [1.54, 1.807) is 30.3 Å². The van der Waals surface area contributed by atoms with E-state index < -0.39 is 0 Å². The third-order valence-electron chi connectivity index (χ3n) is 6.03. The van der Waals surface area contributed by atoms with E-state index in [0.29, 0.717) is 28.8 Å². The number of nitrogens with zero attached hydrogens (tertiary/aromatic N) is 1. The van der Waals surface area contributed by atoms with E-state index in [1.807, 2.05) is 0 Å². The molecule has 1 N–H and O–H groups in total. The minimum Gasteiger partial charge on any atom is -0.354 e. The summed E-state index contributed by atoms with van der Waals surface area (Å²) in [5.41, 5.74) is 0.814. The van der Waals surface area contributed by atoms with Crippen LogP contribution in [0.25, 0.3) is 6.08 Å². The first kappa shape index (κ1) is 19.5. The first-order valence-electron chi connectivity index (χ1n) is 9.77. The van der Waals surface area contributed by atoms with Gasteiger partial charge in [0.15, 0.2) is 0 Å². The van der Waals surface area contributed by atoms with Crippen molar-refractivity contribution in [2.75, 3.05) is 13.1 Å². The third-order valence-corrected chi connectivity index (χ3v) is 7.19. The summed E-state index contributed by atoms with van der Waals surface area (Å²) in [6.07, 6.45) is 7.31. The smallest absolute Gasteiger partial charge is 0.293 e. The molecule has 2 saturated carbocycles. The highest BCUT2D eigenvalue weighted by molar-refractivity contribution is 8.18. The lowest BCUT2D eigenvalue weighted by molar-refractivity contribution is -0.124. The Morgan fingerprint density at radius 1 is 1.21 bits per heavy atom. The topological polar surface area (TPSA) is 66.5 Å². The van der Waals surface area contributed by atoms with Crippen molar-refractivity contribution in [2.45, 2.75) is 32.1 Å². The Balaban J connectivity index is 1.26. The first-order valence-corrected chi connectivity index (χ1v) is 11.0. The van der Waals surface area contributed by atoms with Crippen molar-refractivity contribution in [1.29, 1.82) is 0 Å². The zero-order valence-corrected chi connectivity index (χ0v) is 17.1. The van der Waals surface area contributed by atoms with Crippen LogP contribution in [0.4, 0.5) is 4.79 Å². The lowest BCUT2D eigenvalue weighted by Gasteiger charge is -2.21. The third kappa shape index (κ3) is 4.28. The second kappa shape index (κ2) is 8.29.